The number of carbonyl (C=O) groups is 3. The van der Waals surface area contributed by atoms with Gasteiger partial charge in [-0.1, -0.05) is 50.3 Å². The highest BCUT2D eigenvalue weighted by Crippen LogP contribution is 2.44. The highest BCUT2D eigenvalue weighted by Gasteiger charge is 2.37. The Bertz CT molecular complexity index is 2880. The molecule has 11 rings (SSSR count). The average Bonchev–Trinajstić information content (AvgIpc) is 4.11. The van der Waals surface area contributed by atoms with Crippen molar-refractivity contribution in [3.63, 3.8) is 0 Å². The Morgan fingerprint density at radius 2 is 1.59 bits per heavy atom. The lowest BCUT2D eigenvalue weighted by Crippen LogP contribution is -2.45. The molecule has 5 atom stereocenters. The maximum atomic E-state index is 13.8. The standard InChI is InChI=1S/C59H72N8O4/c1-4-46-30-41(29-40-9-17-51-53(31-40)66(47-15-16-47)59(71)67(51)52-18-20-56(69)63-58(52)70)22-26-65(46)35-39-7-5-38(6-8-39)32-54(68)44-12-10-42(11-13-44)43-23-27-64(28-24-43)37(3)49-33-50-48(21-25-61-57(50)36(49)2)45-14-19-55(60)62-34-45/h9-14,17,19,21,25,31,33-34,36-39,41,43,46-47,52H,4-8,15-16,18,20,22-24,26-30,32,35H2,1-3H3,(H2,60,62)(H,63,69,70)/t36?,37-,38?,39?,41?,46-,52?/m0/s1. The molecular formula is C59H72N8O4. The Morgan fingerprint density at radius 1 is 0.817 bits per heavy atom. The molecule has 0 spiro atoms. The Kier molecular flexibility index (Phi) is 13.4. The number of fused-ring (bicyclic) bond motifs is 2. The van der Waals surface area contributed by atoms with Crippen LogP contribution in [-0.2, 0) is 16.0 Å². The van der Waals surface area contributed by atoms with Crippen molar-refractivity contribution in [1.82, 2.24) is 34.2 Å². The number of piperidine rings is 3. The summed E-state index contributed by atoms with van der Waals surface area (Å²) in [6, 6.07) is 21.5. The van der Waals surface area contributed by atoms with E-state index in [2.05, 4.69) is 89.4 Å². The van der Waals surface area contributed by atoms with Gasteiger partial charge in [0.05, 0.1) is 16.7 Å². The van der Waals surface area contributed by atoms with E-state index in [1.807, 2.05) is 35.2 Å². The van der Waals surface area contributed by atoms with E-state index in [0.717, 1.165) is 111 Å². The number of rotatable bonds is 14. The minimum atomic E-state index is -0.653. The van der Waals surface area contributed by atoms with Crippen LogP contribution in [0.1, 0.15) is 167 Å². The van der Waals surface area contributed by atoms with Gasteiger partial charge in [0.2, 0.25) is 11.8 Å². The quantitative estimate of drug-likeness (QED) is 0.0820. The van der Waals surface area contributed by atoms with Crippen molar-refractivity contribution in [2.75, 3.05) is 31.9 Å². The Balaban J connectivity index is 0.632. The molecule has 12 heteroatoms. The predicted octanol–water partition coefficient (Wildman–Crippen LogP) is 10.0. The zero-order chi connectivity index (χ0) is 48.9. The van der Waals surface area contributed by atoms with Gasteiger partial charge in [-0.2, -0.15) is 0 Å². The van der Waals surface area contributed by atoms with Crippen LogP contribution in [-0.4, -0.2) is 84.8 Å². The second kappa shape index (κ2) is 20.1. The summed E-state index contributed by atoms with van der Waals surface area (Å²) in [5.41, 5.74) is 17.0. The molecule has 3 aliphatic carbocycles. The summed E-state index contributed by atoms with van der Waals surface area (Å²) in [6.07, 6.45) is 20.7. The number of nitrogens with two attached hydrogens (primary N) is 1. The molecule has 71 heavy (non-hydrogen) atoms. The Hall–Kier alpha value is -5.72. The summed E-state index contributed by atoms with van der Waals surface area (Å²) >= 11 is 0. The molecule has 372 valence electrons. The number of Topliss-reactive ketones (excluding diaryl/α,β-unsaturated/α-hetero) is 1. The number of imidazole rings is 1. The van der Waals surface area contributed by atoms with Crippen LogP contribution < -0.4 is 16.7 Å². The Morgan fingerprint density at radius 3 is 2.31 bits per heavy atom. The second-order valence-electron chi connectivity index (χ2n) is 22.3. The number of pyridine rings is 2. The van der Waals surface area contributed by atoms with Crippen molar-refractivity contribution >= 4 is 40.5 Å². The number of carbonyl (C=O) groups excluding carboxylic acids is 3. The second-order valence-corrected chi connectivity index (χ2v) is 22.3. The highest BCUT2D eigenvalue weighted by molar-refractivity contribution is 6.00. The maximum absolute atomic E-state index is 13.8. The lowest BCUT2D eigenvalue weighted by Gasteiger charge is -2.42. The fraction of sp³-hybridized carbons (Fsp3) is 0.525. The summed E-state index contributed by atoms with van der Waals surface area (Å²) in [7, 11) is 0. The van der Waals surface area contributed by atoms with Gasteiger partial charge in [-0.05, 0) is 186 Å². The molecule has 5 aromatic rings. The number of ketones is 1. The third kappa shape index (κ3) is 9.71. The largest absolute Gasteiger partial charge is 0.384 e. The number of benzene rings is 2. The van der Waals surface area contributed by atoms with Gasteiger partial charge in [0.1, 0.15) is 11.9 Å². The molecule has 6 aliphatic rings. The first kappa shape index (κ1) is 47.6. The molecule has 0 bridgehead atoms. The van der Waals surface area contributed by atoms with E-state index in [-0.39, 0.29) is 35.9 Å². The first-order valence-electron chi connectivity index (χ1n) is 27.1. The summed E-state index contributed by atoms with van der Waals surface area (Å²) in [5.74, 6) is 2.68. The number of likely N-dealkylation sites (tertiary alicyclic amines) is 2. The van der Waals surface area contributed by atoms with Gasteiger partial charge in [-0.3, -0.25) is 38.7 Å². The van der Waals surface area contributed by atoms with E-state index in [1.165, 1.54) is 47.9 Å². The molecule has 2 saturated carbocycles. The van der Waals surface area contributed by atoms with E-state index in [9.17, 15) is 19.2 Å². The highest BCUT2D eigenvalue weighted by atomic mass is 16.2. The lowest BCUT2D eigenvalue weighted by atomic mass is 9.78. The van der Waals surface area contributed by atoms with E-state index in [4.69, 9.17) is 10.7 Å². The Labute approximate surface area is 418 Å². The number of nitrogens with zero attached hydrogens (tertiary/aromatic N) is 6. The molecule has 2 aromatic carbocycles. The fourth-order valence-corrected chi connectivity index (χ4v) is 13.5. The zero-order valence-corrected chi connectivity index (χ0v) is 42.0. The van der Waals surface area contributed by atoms with E-state index in [0.29, 0.717) is 60.2 Å². The molecule has 12 nitrogen and oxygen atoms in total. The number of imide groups is 1. The van der Waals surface area contributed by atoms with Crippen LogP contribution in [0.2, 0.25) is 0 Å². The van der Waals surface area contributed by atoms with Crippen molar-refractivity contribution < 1.29 is 14.4 Å². The molecule has 3 unspecified atom stereocenters. The van der Waals surface area contributed by atoms with Crippen molar-refractivity contribution in [2.24, 2.45) is 17.8 Å². The van der Waals surface area contributed by atoms with Gasteiger partial charge in [0.15, 0.2) is 5.78 Å². The molecule has 3 aliphatic heterocycles. The van der Waals surface area contributed by atoms with Crippen LogP contribution in [0, 0.1) is 17.8 Å². The summed E-state index contributed by atoms with van der Waals surface area (Å²) in [6.45, 7) is 11.4. The summed E-state index contributed by atoms with van der Waals surface area (Å²) in [4.78, 5) is 66.8. The lowest BCUT2D eigenvalue weighted by molar-refractivity contribution is -0.135. The molecule has 3 saturated heterocycles. The third-order valence-electron chi connectivity index (χ3n) is 17.9. The summed E-state index contributed by atoms with van der Waals surface area (Å²) in [5, 5.41) is 2.45. The van der Waals surface area contributed by atoms with Crippen molar-refractivity contribution in [1.29, 1.82) is 0 Å². The summed E-state index contributed by atoms with van der Waals surface area (Å²) < 4.78 is 3.56. The third-order valence-corrected chi connectivity index (χ3v) is 17.9. The van der Waals surface area contributed by atoms with Crippen molar-refractivity contribution in [2.45, 2.75) is 153 Å². The smallest absolute Gasteiger partial charge is 0.330 e. The number of hydrogen-bond acceptors (Lipinski definition) is 9. The predicted molar refractivity (Wildman–Crippen MR) is 280 cm³/mol. The van der Waals surface area contributed by atoms with E-state index < -0.39 is 6.04 Å². The normalized spacial score (nSPS) is 26.0. The number of nitrogen functional groups attached to an aromatic ring is 1. The van der Waals surface area contributed by atoms with Gasteiger partial charge in [-0.15, -0.1) is 0 Å². The number of aromatic nitrogens is 4. The number of amides is 2. The molecular weight excluding hydrogens is 885 g/mol. The van der Waals surface area contributed by atoms with Crippen LogP contribution in [0.3, 0.4) is 0 Å². The van der Waals surface area contributed by atoms with Gasteiger partial charge < -0.3 is 10.6 Å². The number of hydrogen-bond donors (Lipinski definition) is 2. The number of anilines is 1. The average molecular weight is 957 g/mol. The number of nitrogens with one attached hydrogen (secondary N) is 1. The van der Waals surface area contributed by atoms with Gasteiger partial charge in [-0.25, -0.2) is 9.78 Å². The fourth-order valence-electron chi connectivity index (χ4n) is 13.5. The first-order chi connectivity index (χ1) is 34.5. The maximum Gasteiger partial charge on any atom is 0.330 e. The van der Waals surface area contributed by atoms with Gasteiger partial charge >= 0.3 is 5.69 Å². The van der Waals surface area contributed by atoms with Crippen LogP contribution in [0.4, 0.5) is 5.82 Å². The molecule has 3 N–H and O–H groups in total. The van der Waals surface area contributed by atoms with Crippen LogP contribution >= 0.6 is 0 Å². The van der Waals surface area contributed by atoms with Crippen molar-refractivity contribution in [3.05, 3.63) is 117 Å². The zero-order valence-electron chi connectivity index (χ0n) is 42.0. The van der Waals surface area contributed by atoms with Crippen LogP contribution in [0.15, 0.2) is 83.4 Å². The SMILES string of the molecule is CC[C@H]1CC(Cc2ccc3c(c2)n(C2CC2)c(=O)n3C2CCC(=O)NC2=O)CCN1CC1CCC(CC(=O)c2ccc(C3CCN([C@@H](C)C4=Cc5c(-c6ccc(N)nc6)ccnc5C4C)CC3)cc2)CC1. The minimum absolute atomic E-state index is 0.129. The van der Waals surface area contributed by atoms with Crippen LogP contribution in [0.5, 0.6) is 0 Å². The van der Waals surface area contributed by atoms with Gasteiger partial charge in [0, 0.05) is 72.5 Å². The van der Waals surface area contributed by atoms with Gasteiger partial charge in [0.25, 0.3) is 0 Å². The molecule has 2 amide bonds. The van der Waals surface area contributed by atoms with E-state index in [1.54, 1.807) is 4.57 Å². The van der Waals surface area contributed by atoms with E-state index >= 15 is 0 Å². The molecule has 6 heterocycles. The first-order valence-corrected chi connectivity index (χ1v) is 27.1. The molecule has 0 radical (unpaired) electrons. The van der Waals surface area contributed by atoms with Crippen molar-refractivity contribution in [3.8, 4) is 11.1 Å². The topological polar surface area (TPSA) is 148 Å². The minimum Gasteiger partial charge on any atom is -0.384 e. The van der Waals surface area contributed by atoms with Crippen LogP contribution in [0.25, 0.3) is 28.2 Å². The monoisotopic (exact) mass is 957 g/mol. The molecule has 5 fully saturated rings. The molecule has 3 aromatic heterocycles.